The van der Waals surface area contributed by atoms with Crippen molar-refractivity contribution in [2.24, 2.45) is 0 Å². The largest absolute Gasteiger partial charge is 0.480 e. The predicted octanol–water partition coefficient (Wildman–Crippen LogP) is 14.0. The van der Waals surface area contributed by atoms with Gasteiger partial charge in [-0.15, -0.1) is 0 Å². The van der Waals surface area contributed by atoms with Crippen molar-refractivity contribution in [3.63, 3.8) is 0 Å². The van der Waals surface area contributed by atoms with Crippen LogP contribution in [0, 0.1) is 0 Å². The first-order chi connectivity index (χ1) is 30.6. The number of aliphatic carboxylic acids is 1. The second-order valence-corrected chi connectivity index (χ2v) is 18.8. The molecule has 0 aliphatic heterocycles. The van der Waals surface area contributed by atoms with Crippen LogP contribution in [0.15, 0.2) is 36.5 Å². The summed E-state index contributed by atoms with van der Waals surface area (Å²) in [5.41, 5.74) is 0. The Bertz CT molecular complexity index is 1210. The fourth-order valence-corrected chi connectivity index (χ4v) is 7.98. The van der Waals surface area contributed by atoms with E-state index in [0.717, 1.165) is 70.6 Å². The third-order valence-electron chi connectivity index (χ3n) is 11.2. The molecule has 0 heterocycles. The smallest absolute Gasteiger partial charge is 0.472 e. The van der Waals surface area contributed by atoms with Crippen molar-refractivity contribution in [3.8, 4) is 0 Å². The van der Waals surface area contributed by atoms with E-state index in [4.69, 9.17) is 13.8 Å². The van der Waals surface area contributed by atoms with Gasteiger partial charge in [-0.2, -0.15) is 0 Å². The Morgan fingerprint density at radius 2 is 0.873 bits per heavy atom. The molecular formula is C51H94NO10P. The van der Waals surface area contributed by atoms with Gasteiger partial charge in [0.2, 0.25) is 5.91 Å². The summed E-state index contributed by atoms with van der Waals surface area (Å²) in [7, 11) is -4.76. The fourth-order valence-electron chi connectivity index (χ4n) is 7.21. The lowest BCUT2D eigenvalue weighted by Crippen LogP contribution is -2.43. The van der Waals surface area contributed by atoms with Crippen molar-refractivity contribution in [2.75, 3.05) is 19.8 Å². The van der Waals surface area contributed by atoms with Gasteiger partial charge in [-0.3, -0.25) is 18.6 Å². The van der Waals surface area contributed by atoms with Crippen LogP contribution in [-0.4, -0.2) is 64.9 Å². The normalized spacial score (nSPS) is 13.8. The third-order valence-corrected chi connectivity index (χ3v) is 12.1. The van der Waals surface area contributed by atoms with E-state index >= 15 is 0 Å². The van der Waals surface area contributed by atoms with Crippen molar-refractivity contribution < 1.29 is 47.8 Å². The van der Waals surface area contributed by atoms with E-state index in [9.17, 15) is 34.1 Å². The summed E-state index contributed by atoms with van der Waals surface area (Å²) in [4.78, 5) is 46.1. The molecule has 0 aliphatic rings. The molecule has 0 spiro atoms. The first kappa shape index (κ1) is 60.7. The van der Waals surface area contributed by atoms with Crippen LogP contribution in [0.4, 0.5) is 0 Å². The van der Waals surface area contributed by atoms with Gasteiger partial charge in [0.1, 0.15) is 12.7 Å². The summed E-state index contributed by atoms with van der Waals surface area (Å²) in [6, 6.07) is -1.55. The monoisotopic (exact) mass is 912 g/mol. The molecule has 3 unspecified atom stereocenters. The Morgan fingerprint density at radius 3 is 1.33 bits per heavy atom. The van der Waals surface area contributed by atoms with Gasteiger partial charge in [0.25, 0.3) is 0 Å². The van der Waals surface area contributed by atoms with Crippen LogP contribution in [0.25, 0.3) is 0 Å². The summed E-state index contributed by atoms with van der Waals surface area (Å²) in [6.07, 6.45) is 51.6. The number of phosphoric acid groups is 1. The first-order valence-corrected chi connectivity index (χ1v) is 27.0. The van der Waals surface area contributed by atoms with Crippen molar-refractivity contribution >= 4 is 25.7 Å². The summed E-state index contributed by atoms with van der Waals surface area (Å²) < 4.78 is 26.9. The van der Waals surface area contributed by atoms with Gasteiger partial charge in [-0.1, -0.05) is 211 Å². The van der Waals surface area contributed by atoms with Crippen LogP contribution in [0.3, 0.4) is 0 Å². The van der Waals surface area contributed by atoms with Crippen molar-refractivity contribution in [3.05, 3.63) is 36.5 Å². The van der Waals surface area contributed by atoms with E-state index in [-0.39, 0.29) is 12.8 Å². The number of aliphatic hydroxyl groups excluding tert-OH is 1. The van der Waals surface area contributed by atoms with Gasteiger partial charge < -0.3 is 25.2 Å². The average molecular weight is 912 g/mol. The number of rotatable bonds is 48. The molecule has 63 heavy (non-hydrogen) atoms. The lowest BCUT2D eigenvalue weighted by molar-refractivity contribution is -0.147. The number of hydrogen-bond acceptors (Lipinski definition) is 8. The van der Waals surface area contributed by atoms with Crippen LogP contribution in [-0.2, 0) is 32.7 Å². The van der Waals surface area contributed by atoms with Crippen molar-refractivity contribution in [2.45, 2.75) is 251 Å². The Hall–Kier alpha value is -2.30. The lowest BCUT2D eigenvalue weighted by Gasteiger charge is -2.18. The van der Waals surface area contributed by atoms with Gasteiger partial charge >= 0.3 is 19.8 Å². The Morgan fingerprint density at radius 1 is 0.508 bits per heavy atom. The zero-order valence-electron chi connectivity index (χ0n) is 40.1. The van der Waals surface area contributed by atoms with Gasteiger partial charge in [0.15, 0.2) is 6.04 Å². The number of phosphoric ester groups is 1. The van der Waals surface area contributed by atoms with Gasteiger partial charge in [0, 0.05) is 12.8 Å². The Kier molecular flexibility index (Phi) is 44.5. The van der Waals surface area contributed by atoms with Crippen molar-refractivity contribution in [1.82, 2.24) is 5.32 Å². The number of esters is 1. The molecule has 0 radical (unpaired) electrons. The summed E-state index contributed by atoms with van der Waals surface area (Å²) in [5.74, 6) is -2.37. The van der Waals surface area contributed by atoms with Gasteiger partial charge in [0.05, 0.1) is 13.2 Å². The molecule has 0 saturated heterocycles. The third kappa shape index (κ3) is 46.0. The van der Waals surface area contributed by atoms with E-state index in [1.54, 1.807) is 0 Å². The molecule has 0 aliphatic carbocycles. The number of hydrogen-bond donors (Lipinski definition) is 4. The summed E-state index contributed by atoms with van der Waals surface area (Å²) in [6.45, 7) is 2.59. The second-order valence-electron chi connectivity index (χ2n) is 17.4. The summed E-state index contributed by atoms with van der Waals surface area (Å²) in [5, 5.41) is 21.9. The molecular weight excluding hydrogens is 818 g/mol. The predicted molar refractivity (Wildman–Crippen MR) is 259 cm³/mol. The highest BCUT2D eigenvalue weighted by atomic mass is 31.2. The maximum Gasteiger partial charge on any atom is 0.472 e. The molecule has 4 N–H and O–H groups in total. The maximum atomic E-state index is 12.4. The fraction of sp³-hybridized carbons (Fsp3) is 0.824. The number of ether oxygens (including phenoxy) is 1. The minimum absolute atomic E-state index is 0.149. The van der Waals surface area contributed by atoms with Crippen LogP contribution < -0.4 is 5.32 Å². The van der Waals surface area contributed by atoms with Crippen LogP contribution >= 0.6 is 7.82 Å². The van der Waals surface area contributed by atoms with Crippen LogP contribution in [0.5, 0.6) is 0 Å². The summed E-state index contributed by atoms with van der Waals surface area (Å²) >= 11 is 0. The molecule has 0 aromatic carbocycles. The molecule has 3 atom stereocenters. The molecule has 0 saturated carbocycles. The van der Waals surface area contributed by atoms with Crippen molar-refractivity contribution in [1.29, 1.82) is 0 Å². The zero-order valence-corrected chi connectivity index (χ0v) is 41.0. The molecule has 0 bridgehead atoms. The highest BCUT2D eigenvalue weighted by molar-refractivity contribution is 7.47. The number of unbranched alkanes of at least 4 members (excludes halogenated alkanes) is 28. The minimum Gasteiger partial charge on any atom is -0.480 e. The molecule has 368 valence electrons. The molecule has 0 aromatic rings. The maximum absolute atomic E-state index is 12.4. The van der Waals surface area contributed by atoms with Crippen LogP contribution in [0.2, 0.25) is 0 Å². The number of carboxylic acid groups (broad SMARTS) is 1. The number of nitrogens with one attached hydrogen (secondary N) is 1. The van der Waals surface area contributed by atoms with E-state index in [1.165, 1.54) is 128 Å². The molecule has 0 rings (SSSR count). The number of aliphatic hydroxyl groups is 1. The van der Waals surface area contributed by atoms with Crippen LogP contribution in [0.1, 0.15) is 239 Å². The van der Waals surface area contributed by atoms with Gasteiger partial charge in [-0.25, -0.2) is 9.36 Å². The lowest BCUT2D eigenvalue weighted by atomic mass is 10.0. The minimum atomic E-state index is -4.76. The second kappa shape index (κ2) is 46.2. The Labute approximate surface area is 384 Å². The van der Waals surface area contributed by atoms with E-state index in [2.05, 4.69) is 55.6 Å². The molecule has 0 aromatic heterocycles. The van der Waals surface area contributed by atoms with E-state index in [0.29, 0.717) is 12.8 Å². The molecule has 12 heteroatoms. The topological polar surface area (TPSA) is 169 Å². The zero-order chi connectivity index (χ0) is 46.3. The standard InChI is InChI=1S/C51H94NO10P/c1-3-5-7-9-11-13-15-17-19-21-23-25-26-28-30-32-34-36-38-40-42-49(54)52-48(51(56)57)46-62-63(58,59)61-45-47(53)44-60-50(55)43-41-39-37-35-33-31-29-27-24-22-20-18-16-14-12-10-8-6-4-2/h12,14,18,20,24,27,47-48,53H,3-11,13,15-17,19,21-23,25-26,28-46H2,1-2H3,(H,52,54)(H,56,57)(H,58,59)/b14-12-,20-18-,27-24-. The SMILES string of the molecule is CCCCC/C=C\C/C=C\C/C=C\CCCCCCCCC(=O)OCC(O)COP(=O)(O)OCC(NC(=O)CCCCCCCCCCCCCCCCCCCCCC)C(=O)O. The number of allylic oxidation sites excluding steroid dienone is 6. The van der Waals surface area contributed by atoms with Gasteiger partial charge in [-0.05, 0) is 51.4 Å². The number of carbonyl (C=O) groups excluding carboxylic acids is 2. The first-order valence-electron chi connectivity index (χ1n) is 25.5. The quantitative estimate of drug-likeness (QED) is 0.0199. The van der Waals surface area contributed by atoms with E-state index in [1.807, 2.05) is 0 Å². The average Bonchev–Trinajstić information content (AvgIpc) is 3.26. The molecule has 0 fully saturated rings. The number of carboxylic acids is 1. The molecule has 1 amide bonds. The highest BCUT2D eigenvalue weighted by Crippen LogP contribution is 2.43. The number of carbonyl (C=O) groups is 3. The highest BCUT2D eigenvalue weighted by Gasteiger charge is 2.28. The number of amides is 1. The Balaban J connectivity index is 3.84. The van der Waals surface area contributed by atoms with E-state index < -0.39 is 57.6 Å². The molecule has 11 nitrogen and oxygen atoms in total.